The molecule has 1 aromatic heterocycles. The van der Waals surface area contributed by atoms with Crippen molar-refractivity contribution in [1.82, 2.24) is 9.55 Å². The Morgan fingerprint density at radius 3 is 2.71 bits per heavy atom. The lowest BCUT2D eigenvalue weighted by Crippen LogP contribution is -2.31. The third-order valence-corrected chi connectivity index (χ3v) is 5.34. The Kier molecular flexibility index (Phi) is 5.10. The van der Waals surface area contributed by atoms with Crippen LogP contribution in [0.1, 0.15) is 36.9 Å². The Labute approximate surface area is 176 Å². The van der Waals surface area contributed by atoms with E-state index in [4.69, 9.17) is 20.0 Å². The van der Waals surface area contributed by atoms with E-state index < -0.39 is 24.5 Å². The molecule has 2 heterocycles. The predicted octanol–water partition coefficient (Wildman–Crippen LogP) is 2.49. The summed E-state index contributed by atoms with van der Waals surface area (Å²) in [4.78, 5) is 38.8. The van der Waals surface area contributed by atoms with Gasteiger partial charge in [-0.05, 0) is 26.0 Å². The van der Waals surface area contributed by atoms with E-state index in [2.05, 4.69) is 4.98 Å². The molecular formula is C22H21N3O6. The zero-order chi connectivity index (χ0) is 22.3. The number of Topliss-reactive ketones (excluding diaryl/α,β-unsaturated/α-hetero) is 1. The van der Waals surface area contributed by atoms with Gasteiger partial charge in [0.2, 0.25) is 0 Å². The summed E-state index contributed by atoms with van der Waals surface area (Å²) < 4.78 is 13.0. The number of carbonyl (C=O) groups excluding carboxylic acids is 1. The van der Waals surface area contributed by atoms with Crippen LogP contribution in [0, 0.1) is 5.41 Å². The number of nitrogens with one attached hydrogen (secondary N) is 2. The number of carboxylic acids is 1. The highest BCUT2D eigenvalue weighted by Crippen LogP contribution is 2.41. The summed E-state index contributed by atoms with van der Waals surface area (Å²) in [5, 5.41) is 17.0. The average molecular weight is 423 g/mol. The highest BCUT2D eigenvalue weighted by atomic mass is 16.5. The SMILES string of the molecule is CC(=N)C(C(C)=O)c1ccc2[nH]c(=O)n3c2c1OCC3c1ccccc1OCC(=O)O. The number of carboxylic acid groups (broad SMARTS) is 1. The maximum Gasteiger partial charge on any atom is 0.341 e. The standard InChI is InChI=1S/C22H21N3O6/c1-11(23)19(12(2)26)14-7-8-15-20-21(14)31-9-16(25(20)22(29)24-15)13-5-3-4-6-17(13)30-10-18(27)28/h3-8,16,19,23H,9-10H2,1-2H3,(H,24,29)(H,27,28). The summed E-state index contributed by atoms with van der Waals surface area (Å²) in [5.74, 6) is -1.33. The number of imidazole rings is 1. The molecule has 9 nitrogen and oxygen atoms in total. The molecule has 0 spiro atoms. The lowest BCUT2D eigenvalue weighted by molar-refractivity contribution is -0.139. The summed E-state index contributed by atoms with van der Waals surface area (Å²) in [7, 11) is 0. The minimum absolute atomic E-state index is 0.0754. The largest absolute Gasteiger partial charge is 0.488 e. The van der Waals surface area contributed by atoms with Crippen LogP contribution in [0.25, 0.3) is 11.0 Å². The van der Waals surface area contributed by atoms with Crippen LogP contribution in [0.4, 0.5) is 0 Å². The van der Waals surface area contributed by atoms with Crippen molar-refractivity contribution in [2.24, 2.45) is 0 Å². The number of aliphatic carboxylic acids is 1. The Bertz CT molecular complexity index is 1260. The van der Waals surface area contributed by atoms with E-state index in [1.165, 1.54) is 11.5 Å². The van der Waals surface area contributed by atoms with Crippen molar-refractivity contribution < 1.29 is 24.2 Å². The Balaban J connectivity index is 1.90. The summed E-state index contributed by atoms with van der Waals surface area (Å²) in [6.45, 7) is 2.55. The fourth-order valence-electron chi connectivity index (χ4n) is 4.13. The minimum atomic E-state index is -1.11. The van der Waals surface area contributed by atoms with Crippen LogP contribution < -0.4 is 15.2 Å². The van der Waals surface area contributed by atoms with Gasteiger partial charge in [0.25, 0.3) is 0 Å². The molecule has 0 fully saturated rings. The van der Waals surface area contributed by atoms with Crippen molar-refractivity contribution in [3.63, 3.8) is 0 Å². The molecule has 2 aromatic carbocycles. The van der Waals surface area contributed by atoms with E-state index in [1.54, 1.807) is 43.3 Å². The highest BCUT2D eigenvalue weighted by Gasteiger charge is 2.33. The first kappa shape index (κ1) is 20.4. The summed E-state index contributed by atoms with van der Waals surface area (Å²) in [5.41, 5.74) is 2.01. The smallest absolute Gasteiger partial charge is 0.341 e. The zero-order valence-corrected chi connectivity index (χ0v) is 17.0. The molecule has 0 amide bonds. The van der Waals surface area contributed by atoms with Crippen molar-refractivity contribution in [2.45, 2.75) is 25.8 Å². The number of rotatable bonds is 7. The van der Waals surface area contributed by atoms with Crippen molar-refractivity contribution in [1.29, 1.82) is 5.41 Å². The third kappa shape index (κ3) is 3.48. The lowest BCUT2D eigenvalue weighted by atomic mass is 9.89. The topological polar surface area (TPSA) is 134 Å². The molecule has 3 aromatic rings. The molecule has 2 unspecified atom stereocenters. The van der Waals surface area contributed by atoms with E-state index in [1.807, 2.05) is 0 Å². The van der Waals surface area contributed by atoms with E-state index in [0.29, 0.717) is 33.7 Å². The van der Waals surface area contributed by atoms with Crippen molar-refractivity contribution in [2.75, 3.05) is 13.2 Å². The Hall–Kier alpha value is -3.88. The highest BCUT2D eigenvalue weighted by molar-refractivity contribution is 6.08. The summed E-state index contributed by atoms with van der Waals surface area (Å²) in [6.07, 6.45) is 0. The number of hydrogen-bond donors (Lipinski definition) is 3. The number of nitrogens with zero attached hydrogens (tertiary/aromatic N) is 1. The third-order valence-electron chi connectivity index (χ3n) is 5.34. The van der Waals surface area contributed by atoms with Gasteiger partial charge in [0.05, 0.1) is 11.4 Å². The second-order valence-electron chi connectivity index (χ2n) is 7.45. The summed E-state index contributed by atoms with van der Waals surface area (Å²) in [6, 6.07) is 9.72. The van der Waals surface area contributed by atoms with Gasteiger partial charge in [0.1, 0.15) is 35.4 Å². The number of hydrogen-bond acceptors (Lipinski definition) is 6. The quantitative estimate of drug-likeness (QED) is 0.500. The number of aromatic nitrogens is 2. The van der Waals surface area contributed by atoms with Crippen molar-refractivity contribution >= 4 is 28.5 Å². The van der Waals surface area contributed by atoms with Crippen LogP contribution in [0.5, 0.6) is 11.5 Å². The number of ketones is 1. The first-order valence-corrected chi connectivity index (χ1v) is 9.68. The number of H-pyrrole nitrogens is 1. The molecule has 1 aliphatic heterocycles. The van der Waals surface area contributed by atoms with Gasteiger partial charge in [-0.15, -0.1) is 0 Å². The normalized spacial score (nSPS) is 15.9. The fraction of sp³-hybridized carbons (Fsp3) is 0.273. The summed E-state index contributed by atoms with van der Waals surface area (Å²) >= 11 is 0. The molecule has 0 saturated heterocycles. The van der Waals surface area contributed by atoms with Gasteiger partial charge in [-0.25, -0.2) is 9.59 Å². The van der Waals surface area contributed by atoms with Gasteiger partial charge >= 0.3 is 11.7 Å². The average Bonchev–Trinajstić information content (AvgIpc) is 3.06. The van der Waals surface area contributed by atoms with Crippen LogP contribution in [-0.4, -0.2) is 45.3 Å². The molecule has 1 aliphatic rings. The van der Waals surface area contributed by atoms with Gasteiger partial charge in [-0.2, -0.15) is 0 Å². The van der Waals surface area contributed by atoms with Gasteiger partial charge in [0, 0.05) is 16.8 Å². The van der Waals surface area contributed by atoms with Crippen LogP contribution in [0.2, 0.25) is 0 Å². The van der Waals surface area contributed by atoms with E-state index in [0.717, 1.165) is 0 Å². The molecule has 31 heavy (non-hydrogen) atoms. The molecule has 2 atom stereocenters. The number of benzene rings is 2. The molecule has 0 saturated carbocycles. The van der Waals surface area contributed by atoms with Crippen LogP contribution >= 0.6 is 0 Å². The predicted molar refractivity (Wildman–Crippen MR) is 113 cm³/mol. The Morgan fingerprint density at radius 1 is 1.29 bits per heavy atom. The first-order chi connectivity index (χ1) is 14.8. The van der Waals surface area contributed by atoms with Crippen molar-refractivity contribution in [3.05, 3.63) is 58.0 Å². The van der Waals surface area contributed by atoms with E-state index in [9.17, 15) is 14.4 Å². The molecule has 0 radical (unpaired) electrons. The van der Waals surface area contributed by atoms with Crippen LogP contribution in [-0.2, 0) is 9.59 Å². The van der Waals surface area contributed by atoms with Crippen LogP contribution in [0.15, 0.2) is 41.2 Å². The van der Waals surface area contributed by atoms with Crippen LogP contribution in [0.3, 0.4) is 0 Å². The zero-order valence-electron chi connectivity index (χ0n) is 17.0. The number of aromatic amines is 1. The maximum absolute atomic E-state index is 12.9. The molecule has 4 rings (SSSR count). The molecule has 0 bridgehead atoms. The molecular weight excluding hydrogens is 402 g/mol. The second-order valence-corrected chi connectivity index (χ2v) is 7.45. The van der Waals surface area contributed by atoms with E-state index >= 15 is 0 Å². The molecule has 0 aliphatic carbocycles. The molecule has 9 heteroatoms. The number of ether oxygens (including phenoxy) is 2. The van der Waals surface area contributed by atoms with Gasteiger partial charge in [0.15, 0.2) is 6.61 Å². The lowest BCUT2D eigenvalue weighted by Gasteiger charge is -2.29. The maximum atomic E-state index is 12.9. The second kappa shape index (κ2) is 7.75. The number of para-hydroxylation sites is 1. The molecule has 3 N–H and O–H groups in total. The fourth-order valence-corrected chi connectivity index (χ4v) is 4.13. The van der Waals surface area contributed by atoms with Crippen molar-refractivity contribution in [3.8, 4) is 11.5 Å². The van der Waals surface area contributed by atoms with E-state index in [-0.39, 0.29) is 23.8 Å². The first-order valence-electron chi connectivity index (χ1n) is 9.68. The minimum Gasteiger partial charge on any atom is -0.488 e. The van der Waals surface area contributed by atoms with Gasteiger partial charge in [-0.3, -0.25) is 9.36 Å². The number of carbonyl (C=O) groups is 2. The van der Waals surface area contributed by atoms with Gasteiger partial charge < -0.3 is 25.0 Å². The van der Waals surface area contributed by atoms with Gasteiger partial charge in [-0.1, -0.05) is 24.3 Å². The monoisotopic (exact) mass is 423 g/mol. The molecule has 160 valence electrons. The Morgan fingerprint density at radius 2 is 2.03 bits per heavy atom.